The molecule has 2 aromatic heterocycles. The van der Waals surface area contributed by atoms with Gasteiger partial charge in [-0.25, -0.2) is 15.0 Å². The highest BCUT2D eigenvalue weighted by Crippen LogP contribution is 2.27. The van der Waals surface area contributed by atoms with E-state index in [1.54, 1.807) is 18.2 Å². The Balaban J connectivity index is 2.14. The average Bonchev–Trinajstić information content (AvgIpc) is 2.80. The lowest BCUT2D eigenvalue weighted by molar-refractivity contribution is -0.139. The van der Waals surface area contributed by atoms with Crippen molar-refractivity contribution < 1.29 is 13.2 Å². The molecular weight excluding hydrogens is 283 g/mol. The number of imidazole rings is 1. The third kappa shape index (κ3) is 2.64. The zero-order valence-electron chi connectivity index (χ0n) is 10.7. The van der Waals surface area contributed by atoms with Crippen LogP contribution in [0.3, 0.4) is 0 Å². The fourth-order valence-corrected chi connectivity index (χ4v) is 2.09. The average molecular weight is 293 g/mol. The number of nitrogens with zero attached hydrogens (tertiary/aromatic N) is 4. The van der Waals surface area contributed by atoms with Crippen molar-refractivity contribution in [2.75, 3.05) is 5.73 Å². The summed E-state index contributed by atoms with van der Waals surface area (Å²) in [6, 6.07) is 6.44. The number of nitrogens with two attached hydrogens (primary N) is 1. The quantitative estimate of drug-likeness (QED) is 0.788. The van der Waals surface area contributed by atoms with Crippen LogP contribution in [0.25, 0.3) is 22.4 Å². The van der Waals surface area contributed by atoms with Gasteiger partial charge >= 0.3 is 6.18 Å². The number of hydrogen-bond acceptors (Lipinski definition) is 4. The molecule has 1 aromatic carbocycles. The molecule has 0 spiro atoms. The van der Waals surface area contributed by atoms with Crippen molar-refractivity contribution in [2.45, 2.75) is 12.7 Å². The minimum atomic E-state index is -4.31. The molecule has 0 radical (unpaired) electrons. The number of rotatable bonds is 2. The van der Waals surface area contributed by atoms with E-state index in [1.165, 1.54) is 12.3 Å². The molecule has 0 amide bonds. The first-order chi connectivity index (χ1) is 9.94. The van der Waals surface area contributed by atoms with Gasteiger partial charge in [-0.2, -0.15) is 13.2 Å². The van der Waals surface area contributed by atoms with Gasteiger partial charge in [0.2, 0.25) is 0 Å². The lowest BCUT2D eigenvalue weighted by Crippen LogP contribution is -2.16. The molecule has 0 saturated carbocycles. The highest BCUT2D eigenvalue weighted by Gasteiger charge is 2.28. The number of aromatic nitrogens is 4. The molecule has 0 aliphatic rings. The van der Waals surface area contributed by atoms with Crippen LogP contribution in [-0.4, -0.2) is 25.7 Å². The standard InChI is InChI=1S/C13H10F3N5/c14-13(15,16)6-21-7-19-11-8(2-1-3-9(11)21)12-18-5-4-10(17)20-12/h1-5,7H,6H2,(H2,17,18,20). The molecule has 3 aromatic rings. The summed E-state index contributed by atoms with van der Waals surface area (Å²) in [5.41, 5.74) is 6.93. The van der Waals surface area contributed by atoms with Crippen LogP contribution in [0.15, 0.2) is 36.8 Å². The topological polar surface area (TPSA) is 69.6 Å². The second kappa shape index (κ2) is 4.72. The van der Waals surface area contributed by atoms with Crippen molar-refractivity contribution in [3.63, 3.8) is 0 Å². The van der Waals surface area contributed by atoms with E-state index < -0.39 is 12.7 Å². The number of halogens is 3. The summed E-state index contributed by atoms with van der Waals surface area (Å²) in [5, 5.41) is 0. The second-order valence-electron chi connectivity index (χ2n) is 4.47. The molecule has 0 unspecified atom stereocenters. The van der Waals surface area contributed by atoms with Crippen LogP contribution in [0, 0.1) is 0 Å². The normalized spacial score (nSPS) is 12.0. The molecule has 2 heterocycles. The molecule has 21 heavy (non-hydrogen) atoms. The highest BCUT2D eigenvalue weighted by molar-refractivity contribution is 5.90. The Labute approximate surface area is 117 Å². The van der Waals surface area contributed by atoms with E-state index in [9.17, 15) is 13.2 Å². The highest BCUT2D eigenvalue weighted by atomic mass is 19.4. The molecule has 0 aliphatic carbocycles. The van der Waals surface area contributed by atoms with Crippen LogP contribution < -0.4 is 5.73 Å². The minimum absolute atomic E-state index is 0.284. The summed E-state index contributed by atoms with van der Waals surface area (Å²) >= 11 is 0. The molecule has 0 aliphatic heterocycles. The first-order valence-electron chi connectivity index (χ1n) is 6.03. The number of anilines is 1. The third-order valence-corrected chi connectivity index (χ3v) is 2.92. The summed E-state index contributed by atoms with van der Waals surface area (Å²) in [6.45, 7) is -1.09. The second-order valence-corrected chi connectivity index (χ2v) is 4.47. The van der Waals surface area contributed by atoms with Crippen molar-refractivity contribution in [3.8, 4) is 11.4 Å². The van der Waals surface area contributed by atoms with Gasteiger partial charge in [0, 0.05) is 11.8 Å². The smallest absolute Gasteiger partial charge is 0.384 e. The van der Waals surface area contributed by atoms with Crippen LogP contribution in [-0.2, 0) is 6.54 Å². The van der Waals surface area contributed by atoms with E-state index >= 15 is 0 Å². The maximum absolute atomic E-state index is 12.5. The summed E-state index contributed by atoms with van der Waals surface area (Å²) in [7, 11) is 0. The van der Waals surface area contributed by atoms with Gasteiger partial charge in [-0.1, -0.05) is 6.07 Å². The maximum atomic E-state index is 12.5. The van der Waals surface area contributed by atoms with Gasteiger partial charge in [0.05, 0.1) is 17.4 Å². The Bertz CT molecular complexity index is 794. The van der Waals surface area contributed by atoms with E-state index in [1.807, 2.05) is 0 Å². The molecule has 0 atom stereocenters. The number of hydrogen-bond donors (Lipinski definition) is 1. The number of nitrogen functional groups attached to an aromatic ring is 1. The predicted octanol–water partition coefficient (Wildman–Crippen LogP) is 2.64. The van der Waals surface area contributed by atoms with E-state index in [0.717, 1.165) is 10.9 Å². The molecular formula is C13H10F3N5. The van der Waals surface area contributed by atoms with Crippen molar-refractivity contribution in [1.29, 1.82) is 0 Å². The van der Waals surface area contributed by atoms with Crippen molar-refractivity contribution in [2.24, 2.45) is 0 Å². The van der Waals surface area contributed by atoms with Gasteiger partial charge in [0.1, 0.15) is 12.4 Å². The molecule has 3 rings (SSSR count). The molecule has 5 nitrogen and oxygen atoms in total. The van der Waals surface area contributed by atoms with Gasteiger partial charge in [0.25, 0.3) is 0 Å². The minimum Gasteiger partial charge on any atom is -0.384 e. The lowest BCUT2D eigenvalue weighted by Gasteiger charge is -2.08. The zero-order chi connectivity index (χ0) is 15.0. The molecule has 2 N–H and O–H groups in total. The van der Waals surface area contributed by atoms with Gasteiger partial charge in [-0.15, -0.1) is 0 Å². The van der Waals surface area contributed by atoms with Gasteiger partial charge in [-0.3, -0.25) is 0 Å². The van der Waals surface area contributed by atoms with Crippen LogP contribution in [0.4, 0.5) is 19.0 Å². The lowest BCUT2D eigenvalue weighted by atomic mass is 10.1. The summed E-state index contributed by atoms with van der Waals surface area (Å²) in [4.78, 5) is 12.2. The number of benzene rings is 1. The molecule has 108 valence electrons. The molecule has 0 saturated heterocycles. The van der Waals surface area contributed by atoms with Crippen LogP contribution in [0.1, 0.15) is 0 Å². The van der Waals surface area contributed by atoms with E-state index in [4.69, 9.17) is 5.73 Å². The van der Waals surface area contributed by atoms with E-state index in [0.29, 0.717) is 22.4 Å². The predicted molar refractivity (Wildman–Crippen MR) is 71.2 cm³/mol. The molecule has 0 bridgehead atoms. The Morgan fingerprint density at radius 3 is 2.67 bits per heavy atom. The fourth-order valence-electron chi connectivity index (χ4n) is 2.09. The first-order valence-corrected chi connectivity index (χ1v) is 6.03. The largest absolute Gasteiger partial charge is 0.406 e. The van der Waals surface area contributed by atoms with Crippen molar-refractivity contribution in [1.82, 2.24) is 19.5 Å². The Morgan fingerprint density at radius 1 is 1.14 bits per heavy atom. The summed E-state index contributed by atoms with van der Waals surface area (Å²) in [6.07, 6.45) is -1.66. The van der Waals surface area contributed by atoms with Gasteiger partial charge < -0.3 is 10.3 Å². The Hall–Kier alpha value is -2.64. The van der Waals surface area contributed by atoms with Crippen LogP contribution in [0.2, 0.25) is 0 Å². The third-order valence-electron chi connectivity index (χ3n) is 2.92. The number of fused-ring (bicyclic) bond motifs is 1. The van der Waals surface area contributed by atoms with Crippen LogP contribution in [0.5, 0.6) is 0 Å². The molecule has 0 fully saturated rings. The summed E-state index contributed by atoms with van der Waals surface area (Å²) < 4.78 is 38.6. The molecule has 8 heteroatoms. The van der Waals surface area contributed by atoms with Gasteiger partial charge in [-0.05, 0) is 18.2 Å². The maximum Gasteiger partial charge on any atom is 0.406 e. The van der Waals surface area contributed by atoms with Crippen LogP contribution >= 0.6 is 0 Å². The van der Waals surface area contributed by atoms with E-state index in [-0.39, 0.29) is 5.82 Å². The first kappa shape index (κ1) is 13.3. The zero-order valence-corrected chi connectivity index (χ0v) is 10.7. The number of para-hydroxylation sites is 1. The fraction of sp³-hybridized carbons (Fsp3) is 0.154. The van der Waals surface area contributed by atoms with Gasteiger partial charge in [0.15, 0.2) is 5.82 Å². The summed E-state index contributed by atoms with van der Waals surface area (Å²) in [5.74, 6) is 0.615. The van der Waals surface area contributed by atoms with Crippen molar-refractivity contribution in [3.05, 3.63) is 36.8 Å². The Kier molecular flexibility index (Phi) is 3.00. The monoisotopic (exact) mass is 293 g/mol. The SMILES string of the molecule is Nc1ccnc(-c2cccc3c2ncn3CC(F)(F)F)n1. The number of alkyl halides is 3. The van der Waals surface area contributed by atoms with E-state index in [2.05, 4.69) is 15.0 Å². The van der Waals surface area contributed by atoms with Crippen molar-refractivity contribution >= 4 is 16.9 Å². The Morgan fingerprint density at radius 2 is 1.95 bits per heavy atom.